The van der Waals surface area contributed by atoms with Gasteiger partial charge in [0, 0.05) is 37.6 Å². The monoisotopic (exact) mass is 424 g/mol. The Bertz CT molecular complexity index is 941. The van der Waals surface area contributed by atoms with Gasteiger partial charge >= 0.3 is 12.1 Å². The molecule has 8 nitrogen and oxygen atoms in total. The lowest BCUT2D eigenvalue weighted by Gasteiger charge is -2.31. The first-order chi connectivity index (χ1) is 14.3. The number of likely N-dealkylation sites (tertiary alicyclic amines) is 1. The van der Waals surface area contributed by atoms with Crippen LogP contribution >= 0.6 is 0 Å². The van der Waals surface area contributed by atoms with E-state index in [9.17, 15) is 13.2 Å². The largest absolute Gasteiger partial charge is 0.490 e. The van der Waals surface area contributed by atoms with Gasteiger partial charge in [0.15, 0.2) is 5.65 Å². The maximum absolute atomic E-state index is 10.6. The van der Waals surface area contributed by atoms with Crippen molar-refractivity contribution in [1.82, 2.24) is 29.3 Å². The van der Waals surface area contributed by atoms with Crippen molar-refractivity contribution in [2.45, 2.75) is 37.9 Å². The first-order valence-electron chi connectivity index (χ1n) is 9.64. The number of hydrogen-bond acceptors (Lipinski definition) is 5. The van der Waals surface area contributed by atoms with E-state index in [0.29, 0.717) is 5.92 Å². The van der Waals surface area contributed by atoms with Gasteiger partial charge in [0.25, 0.3) is 0 Å². The molecular formula is C19H23F3N6O2. The van der Waals surface area contributed by atoms with E-state index >= 15 is 0 Å². The lowest BCUT2D eigenvalue weighted by molar-refractivity contribution is -0.192. The number of rotatable bonds is 5. The molecule has 1 fully saturated rings. The fourth-order valence-electron chi connectivity index (χ4n) is 3.50. The second-order valence-electron chi connectivity index (χ2n) is 7.05. The van der Waals surface area contributed by atoms with Gasteiger partial charge in [-0.1, -0.05) is 6.07 Å². The summed E-state index contributed by atoms with van der Waals surface area (Å²) < 4.78 is 35.9. The maximum atomic E-state index is 10.6. The van der Waals surface area contributed by atoms with Gasteiger partial charge in [-0.3, -0.25) is 9.08 Å². The minimum absolute atomic E-state index is 0.478. The number of carboxylic acids is 1. The average Bonchev–Trinajstić information content (AvgIpc) is 3.38. The highest BCUT2D eigenvalue weighted by molar-refractivity contribution is 5.73. The molecule has 1 saturated heterocycles. The van der Waals surface area contributed by atoms with E-state index in [0.717, 1.165) is 37.5 Å². The number of halogens is 3. The van der Waals surface area contributed by atoms with E-state index in [2.05, 4.69) is 30.8 Å². The molecule has 0 radical (unpaired) electrons. The van der Waals surface area contributed by atoms with Crippen LogP contribution in [0.5, 0.6) is 0 Å². The molecule has 1 aliphatic rings. The van der Waals surface area contributed by atoms with Gasteiger partial charge in [0.2, 0.25) is 0 Å². The third-order valence-corrected chi connectivity index (χ3v) is 4.87. The highest BCUT2D eigenvalue weighted by Crippen LogP contribution is 2.26. The highest BCUT2D eigenvalue weighted by Gasteiger charge is 2.38. The number of aromatic nitrogens is 5. The van der Waals surface area contributed by atoms with Crippen LogP contribution in [0.3, 0.4) is 0 Å². The molecule has 1 N–H and O–H groups in total. The molecule has 0 amide bonds. The molecule has 11 heteroatoms. The SMILES string of the molecule is O=C(O)C(F)(F)F.c1ccn2c(C3CCCN(CCCn4cccn4)C3)nnc2c1. The summed E-state index contributed by atoms with van der Waals surface area (Å²) in [5.41, 5.74) is 0.943. The molecule has 1 aliphatic heterocycles. The summed E-state index contributed by atoms with van der Waals surface area (Å²) in [6.45, 7) is 4.37. The first kappa shape index (κ1) is 21.8. The molecule has 162 valence electrons. The van der Waals surface area contributed by atoms with Crippen molar-refractivity contribution < 1.29 is 23.1 Å². The summed E-state index contributed by atoms with van der Waals surface area (Å²) in [5.74, 6) is -1.17. The van der Waals surface area contributed by atoms with Crippen molar-refractivity contribution in [1.29, 1.82) is 0 Å². The lowest BCUT2D eigenvalue weighted by atomic mass is 9.97. The molecule has 1 atom stereocenters. The molecule has 0 aliphatic carbocycles. The Kier molecular flexibility index (Phi) is 7.03. The fraction of sp³-hybridized carbons (Fsp3) is 0.474. The molecule has 3 aromatic rings. The first-order valence-corrected chi connectivity index (χ1v) is 9.64. The van der Waals surface area contributed by atoms with E-state index in [1.54, 1.807) is 0 Å². The minimum atomic E-state index is -5.08. The molecular weight excluding hydrogens is 401 g/mol. The van der Waals surface area contributed by atoms with E-state index in [-0.39, 0.29) is 0 Å². The van der Waals surface area contributed by atoms with E-state index in [4.69, 9.17) is 9.90 Å². The zero-order chi connectivity index (χ0) is 21.6. The summed E-state index contributed by atoms with van der Waals surface area (Å²) in [5, 5.41) is 20.1. The van der Waals surface area contributed by atoms with E-state index in [1.165, 1.54) is 19.4 Å². The van der Waals surface area contributed by atoms with Gasteiger partial charge in [-0.25, -0.2) is 4.79 Å². The van der Waals surface area contributed by atoms with Crippen molar-refractivity contribution in [2.75, 3.05) is 19.6 Å². The van der Waals surface area contributed by atoms with Gasteiger partial charge in [-0.15, -0.1) is 10.2 Å². The van der Waals surface area contributed by atoms with Gasteiger partial charge in [-0.2, -0.15) is 18.3 Å². The van der Waals surface area contributed by atoms with Crippen molar-refractivity contribution in [3.63, 3.8) is 0 Å². The van der Waals surface area contributed by atoms with Gasteiger partial charge in [0.05, 0.1) is 0 Å². The van der Waals surface area contributed by atoms with E-state index in [1.807, 2.05) is 41.3 Å². The Balaban J connectivity index is 0.000000318. The number of aliphatic carboxylic acids is 1. The summed E-state index contributed by atoms with van der Waals surface area (Å²) >= 11 is 0. The molecule has 0 aromatic carbocycles. The number of aryl methyl sites for hydroxylation is 1. The van der Waals surface area contributed by atoms with Crippen LogP contribution in [0, 0.1) is 0 Å². The predicted octanol–water partition coefficient (Wildman–Crippen LogP) is 2.83. The third kappa shape index (κ3) is 5.78. The molecule has 4 rings (SSSR count). The quantitative estimate of drug-likeness (QED) is 0.678. The standard InChI is InChI=1S/C17H22N6.C2HF3O2/c1-2-13-23-16(7-1)19-20-17(23)15-6-3-9-21(14-15)10-5-12-22-11-4-8-18-22;3-2(4,5)1(6)7/h1-2,4,7-8,11,13,15H,3,5-6,9-10,12,14H2;(H,6,7). The second kappa shape index (κ2) is 9.70. The smallest absolute Gasteiger partial charge is 0.475 e. The molecule has 3 aromatic heterocycles. The predicted molar refractivity (Wildman–Crippen MR) is 102 cm³/mol. The zero-order valence-electron chi connectivity index (χ0n) is 16.2. The Hall–Kier alpha value is -2.95. The third-order valence-electron chi connectivity index (χ3n) is 4.87. The van der Waals surface area contributed by atoms with Gasteiger partial charge in [0.1, 0.15) is 5.82 Å². The van der Waals surface area contributed by atoms with Crippen LogP contribution in [0.15, 0.2) is 42.9 Å². The normalized spacial score (nSPS) is 17.5. The lowest BCUT2D eigenvalue weighted by Crippen LogP contribution is -2.36. The van der Waals surface area contributed by atoms with Crippen molar-refractivity contribution in [3.8, 4) is 0 Å². The van der Waals surface area contributed by atoms with Crippen molar-refractivity contribution >= 4 is 11.6 Å². The topological polar surface area (TPSA) is 88.5 Å². The molecule has 30 heavy (non-hydrogen) atoms. The minimum Gasteiger partial charge on any atom is -0.475 e. The Morgan fingerprint density at radius 1 is 1.17 bits per heavy atom. The molecule has 1 unspecified atom stereocenters. The number of carbonyl (C=O) groups is 1. The number of fused-ring (bicyclic) bond motifs is 1. The molecule has 0 spiro atoms. The van der Waals surface area contributed by atoms with Gasteiger partial charge in [-0.05, 0) is 50.6 Å². The maximum Gasteiger partial charge on any atom is 0.490 e. The summed E-state index contributed by atoms with van der Waals surface area (Å²) in [4.78, 5) is 11.5. The number of piperidine rings is 1. The van der Waals surface area contributed by atoms with Crippen LogP contribution in [-0.4, -0.2) is 66.2 Å². The summed E-state index contributed by atoms with van der Waals surface area (Å²) in [6, 6.07) is 8.05. The number of carboxylic acid groups (broad SMARTS) is 1. The van der Waals surface area contributed by atoms with Crippen molar-refractivity contribution in [3.05, 3.63) is 48.7 Å². The van der Waals surface area contributed by atoms with Crippen LogP contribution in [0.4, 0.5) is 13.2 Å². The number of alkyl halides is 3. The van der Waals surface area contributed by atoms with Crippen LogP contribution in [0.2, 0.25) is 0 Å². The number of pyridine rings is 1. The zero-order valence-corrected chi connectivity index (χ0v) is 16.2. The summed E-state index contributed by atoms with van der Waals surface area (Å²) in [6.07, 6.45) is 4.42. The summed E-state index contributed by atoms with van der Waals surface area (Å²) in [7, 11) is 0. The molecule has 0 saturated carbocycles. The van der Waals surface area contributed by atoms with Crippen LogP contribution in [-0.2, 0) is 11.3 Å². The Morgan fingerprint density at radius 3 is 2.67 bits per heavy atom. The van der Waals surface area contributed by atoms with Crippen molar-refractivity contribution in [2.24, 2.45) is 0 Å². The second-order valence-corrected chi connectivity index (χ2v) is 7.05. The highest BCUT2D eigenvalue weighted by atomic mass is 19.4. The molecule has 4 heterocycles. The molecule has 0 bridgehead atoms. The van der Waals surface area contributed by atoms with E-state index < -0.39 is 12.1 Å². The Morgan fingerprint density at radius 2 is 1.97 bits per heavy atom. The average molecular weight is 424 g/mol. The number of nitrogens with zero attached hydrogens (tertiary/aromatic N) is 6. The fourth-order valence-corrected chi connectivity index (χ4v) is 3.50. The van der Waals surface area contributed by atoms with Gasteiger partial charge < -0.3 is 10.0 Å². The van der Waals surface area contributed by atoms with Crippen LogP contribution in [0.25, 0.3) is 5.65 Å². The van der Waals surface area contributed by atoms with Crippen LogP contribution in [0.1, 0.15) is 31.0 Å². The number of hydrogen-bond donors (Lipinski definition) is 1. The Labute approximate surface area is 170 Å². The van der Waals surface area contributed by atoms with Crippen LogP contribution < -0.4 is 0 Å².